The summed E-state index contributed by atoms with van der Waals surface area (Å²) >= 11 is 3.15. The first-order valence-electron chi connectivity index (χ1n) is 5.08. The van der Waals surface area contributed by atoms with Crippen molar-refractivity contribution >= 4 is 31.6 Å². The summed E-state index contributed by atoms with van der Waals surface area (Å²) in [5.41, 5.74) is 0.241. The van der Waals surface area contributed by atoms with E-state index in [1.807, 2.05) is 0 Å². The first-order valence-corrected chi connectivity index (χ1v) is 7.64. The van der Waals surface area contributed by atoms with Crippen LogP contribution in [0.1, 0.15) is 5.56 Å². The largest absolute Gasteiger partial charge is 0.273 e. The van der Waals surface area contributed by atoms with E-state index in [2.05, 4.69) is 15.9 Å². The number of sulfonamides is 1. The zero-order chi connectivity index (χ0) is 13.9. The van der Waals surface area contributed by atoms with Crippen molar-refractivity contribution in [3.8, 4) is 0 Å². The summed E-state index contributed by atoms with van der Waals surface area (Å²) in [6, 6.07) is 3.91. The van der Waals surface area contributed by atoms with Crippen LogP contribution in [0.5, 0.6) is 0 Å². The normalized spacial score (nSPS) is 11.8. The van der Waals surface area contributed by atoms with E-state index in [1.165, 1.54) is 19.2 Å². The van der Waals surface area contributed by atoms with E-state index in [1.54, 1.807) is 6.92 Å². The van der Waals surface area contributed by atoms with Crippen LogP contribution in [0.4, 0.5) is 5.69 Å². The summed E-state index contributed by atoms with van der Waals surface area (Å²) in [5.74, 6) is 0. The van der Waals surface area contributed by atoms with Gasteiger partial charge in [-0.2, -0.15) is 0 Å². The topological polar surface area (TPSA) is 80.5 Å². The second-order valence-electron chi connectivity index (χ2n) is 3.72. The molecule has 0 aliphatic rings. The Hall–Kier alpha value is -0.990. The van der Waals surface area contributed by atoms with E-state index < -0.39 is 14.9 Å². The van der Waals surface area contributed by atoms with Crippen molar-refractivity contribution in [2.75, 3.05) is 18.9 Å². The fraction of sp³-hybridized carbons (Fsp3) is 0.400. The maximum atomic E-state index is 12.1. The van der Waals surface area contributed by atoms with E-state index in [4.69, 9.17) is 0 Å². The van der Waals surface area contributed by atoms with Gasteiger partial charge in [-0.1, -0.05) is 22.0 Å². The number of nitrogens with zero attached hydrogens (tertiary/aromatic N) is 2. The third-order valence-electron chi connectivity index (χ3n) is 2.48. The van der Waals surface area contributed by atoms with Crippen LogP contribution in [0, 0.1) is 17.0 Å². The van der Waals surface area contributed by atoms with E-state index in [0.717, 1.165) is 10.4 Å². The molecule has 0 aliphatic carbocycles. The quantitative estimate of drug-likeness (QED) is 0.467. The van der Waals surface area contributed by atoms with E-state index in [0.29, 0.717) is 17.4 Å². The predicted octanol–water partition coefficient (Wildman–Crippen LogP) is 1.92. The molecule has 0 fully saturated rings. The first-order chi connectivity index (χ1) is 8.30. The molecule has 0 atom stereocenters. The fourth-order valence-electron chi connectivity index (χ4n) is 1.37. The molecule has 1 rings (SSSR count). The van der Waals surface area contributed by atoms with Gasteiger partial charge in [0.2, 0.25) is 10.0 Å². The summed E-state index contributed by atoms with van der Waals surface area (Å²) in [5, 5.41) is 11.3. The number of aryl methyl sites for hydroxylation is 1. The highest BCUT2D eigenvalue weighted by atomic mass is 79.9. The van der Waals surface area contributed by atoms with Crippen molar-refractivity contribution in [3.05, 3.63) is 33.9 Å². The maximum absolute atomic E-state index is 12.1. The van der Waals surface area contributed by atoms with Crippen molar-refractivity contribution in [2.45, 2.75) is 11.8 Å². The average molecular weight is 337 g/mol. The highest BCUT2D eigenvalue weighted by molar-refractivity contribution is 9.09. The third kappa shape index (κ3) is 3.06. The van der Waals surface area contributed by atoms with Gasteiger partial charge in [-0.3, -0.25) is 10.1 Å². The van der Waals surface area contributed by atoms with Crippen molar-refractivity contribution in [1.82, 2.24) is 4.31 Å². The molecule has 0 radical (unpaired) electrons. The molecule has 0 saturated heterocycles. The van der Waals surface area contributed by atoms with Crippen molar-refractivity contribution in [1.29, 1.82) is 0 Å². The van der Waals surface area contributed by atoms with Crippen LogP contribution < -0.4 is 0 Å². The smallest absolute Gasteiger partial charge is 0.258 e. The van der Waals surface area contributed by atoms with Crippen LogP contribution in [0.25, 0.3) is 0 Å². The van der Waals surface area contributed by atoms with Gasteiger partial charge in [0.25, 0.3) is 5.69 Å². The van der Waals surface area contributed by atoms with Gasteiger partial charge in [0, 0.05) is 30.6 Å². The lowest BCUT2D eigenvalue weighted by molar-refractivity contribution is -0.385. The third-order valence-corrected chi connectivity index (χ3v) is 4.69. The molecule has 0 unspecified atom stereocenters. The van der Waals surface area contributed by atoms with Gasteiger partial charge in [-0.15, -0.1) is 0 Å². The predicted molar refractivity (Wildman–Crippen MR) is 71.4 cm³/mol. The van der Waals surface area contributed by atoms with Gasteiger partial charge in [0.1, 0.15) is 0 Å². The second-order valence-corrected chi connectivity index (χ2v) is 6.56. The summed E-state index contributed by atoms with van der Waals surface area (Å²) in [7, 11) is -2.24. The lowest BCUT2D eigenvalue weighted by atomic mass is 10.2. The van der Waals surface area contributed by atoms with E-state index >= 15 is 0 Å². The van der Waals surface area contributed by atoms with Gasteiger partial charge in [-0.25, -0.2) is 12.7 Å². The molecular weight excluding hydrogens is 324 g/mol. The maximum Gasteiger partial charge on any atom is 0.273 e. The minimum atomic E-state index is -3.68. The number of nitro benzene ring substituents is 1. The Morgan fingerprint density at radius 2 is 2.06 bits per heavy atom. The Kier molecular flexibility index (Phi) is 4.83. The Morgan fingerprint density at radius 3 is 2.56 bits per heavy atom. The summed E-state index contributed by atoms with van der Waals surface area (Å²) in [4.78, 5) is 10.1. The minimum Gasteiger partial charge on any atom is -0.258 e. The van der Waals surface area contributed by atoms with Gasteiger partial charge in [-0.05, 0) is 13.0 Å². The van der Waals surface area contributed by atoms with Crippen LogP contribution in [0.3, 0.4) is 0 Å². The van der Waals surface area contributed by atoms with Crippen molar-refractivity contribution < 1.29 is 13.3 Å². The standard InChI is InChI=1S/C10H13BrN2O4S/c1-8-3-4-9(7-10(8)13(14)15)18(16,17)12(2)6-5-11/h3-4,7H,5-6H2,1-2H3. The molecule has 0 amide bonds. The average Bonchev–Trinajstić information content (AvgIpc) is 2.29. The van der Waals surface area contributed by atoms with E-state index in [9.17, 15) is 18.5 Å². The first kappa shape index (κ1) is 15.1. The highest BCUT2D eigenvalue weighted by Gasteiger charge is 2.23. The molecule has 0 spiro atoms. The fourth-order valence-corrected chi connectivity index (χ4v) is 3.32. The molecule has 0 N–H and O–H groups in total. The van der Waals surface area contributed by atoms with Crippen LogP contribution in [-0.2, 0) is 10.0 Å². The monoisotopic (exact) mass is 336 g/mol. The molecule has 8 heteroatoms. The summed E-state index contributed by atoms with van der Waals surface area (Å²) in [6.07, 6.45) is 0. The summed E-state index contributed by atoms with van der Waals surface area (Å²) in [6.45, 7) is 1.86. The van der Waals surface area contributed by atoms with Crippen LogP contribution in [0.2, 0.25) is 0 Å². The summed E-state index contributed by atoms with van der Waals surface area (Å²) < 4.78 is 25.3. The molecule has 1 aromatic carbocycles. The number of nitro groups is 1. The molecule has 0 bridgehead atoms. The second kappa shape index (κ2) is 5.77. The lowest BCUT2D eigenvalue weighted by Crippen LogP contribution is -2.28. The molecule has 1 aromatic rings. The molecule has 100 valence electrons. The Morgan fingerprint density at radius 1 is 1.44 bits per heavy atom. The van der Waals surface area contributed by atoms with Gasteiger partial charge < -0.3 is 0 Å². The number of halogens is 1. The Labute approximate surface area is 114 Å². The molecule has 0 aliphatic heterocycles. The molecule has 0 saturated carbocycles. The SMILES string of the molecule is Cc1ccc(S(=O)(=O)N(C)CCBr)cc1[N+](=O)[O-]. The minimum absolute atomic E-state index is 0.0664. The molecule has 0 heterocycles. The van der Waals surface area contributed by atoms with Gasteiger partial charge in [0.05, 0.1) is 9.82 Å². The lowest BCUT2D eigenvalue weighted by Gasteiger charge is -2.15. The van der Waals surface area contributed by atoms with Crippen LogP contribution in [-0.4, -0.2) is 36.6 Å². The number of benzene rings is 1. The number of hydrogen-bond donors (Lipinski definition) is 0. The van der Waals surface area contributed by atoms with Crippen molar-refractivity contribution in [3.63, 3.8) is 0 Å². The number of alkyl halides is 1. The van der Waals surface area contributed by atoms with Crippen LogP contribution >= 0.6 is 15.9 Å². The molecule has 18 heavy (non-hydrogen) atoms. The Bertz CT molecular complexity index is 559. The van der Waals surface area contributed by atoms with Gasteiger partial charge >= 0.3 is 0 Å². The van der Waals surface area contributed by atoms with Crippen LogP contribution in [0.15, 0.2) is 23.1 Å². The van der Waals surface area contributed by atoms with Crippen molar-refractivity contribution in [2.24, 2.45) is 0 Å². The van der Waals surface area contributed by atoms with E-state index in [-0.39, 0.29) is 10.6 Å². The molecule has 0 aromatic heterocycles. The number of hydrogen-bond acceptors (Lipinski definition) is 4. The Balaban J connectivity index is 3.26. The molecule has 6 nitrogen and oxygen atoms in total. The number of rotatable bonds is 5. The molecular formula is C10H13BrN2O4S. The highest BCUT2D eigenvalue weighted by Crippen LogP contribution is 2.23. The van der Waals surface area contributed by atoms with Gasteiger partial charge in [0.15, 0.2) is 0 Å². The zero-order valence-corrected chi connectivity index (χ0v) is 12.4. The zero-order valence-electron chi connectivity index (χ0n) is 9.96.